The molecule has 0 N–H and O–H groups in total. The Hall–Kier alpha value is -2.86. The summed E-state index contributed by atoms with van der Waals surface area (Å²) in [5.74, 6) is -0.168. The fourth-order valence-corrected chi connectivity index (χ4v) is 5.39. The van der Waals surface area contributed by atoms with Gasteiger partial charge in [-0.2, -0.15) is 4.99 Å². The van der Waals surface area contributed by atoms with Crippen LogP contribution in [-0.2, 0) is 4.79 Å². The van der Waals surface area contributed by atoms with E-state index in [2.05, 4.69) is 75.5 Å². The van der Waals surface area contributed by atoms with Crippen LogP contribution < -0.4 is 0 Å². The van der Waals surface area contributed by atoms with Crippen molar-refractivity contribution in [2.45, 2.75) is 6.04 Å². The van der Waals surface area contributed by atoms with E-state index in [9.17, 15) is 4.79 Å². The lowest BCUT2D eigenvalue weighted by Crippen LogP contribution is -2.49. The number of piperazine rings is 1. The van der Waals surface area contributed by atoms with Crippen LogP contribution in [0.1, 0.15) is 22.7 Å². The van der Waals surface area contributed by atoms with Gasteiger partial charge in [-0.3, -0.25) is 9.69 Å². The second-order valence-electron chi connectivity index (χ2n) is 8.11. The number of halogens is 1. The molecule has 1 saturated heterocycles. The zero-order valence-electron chi connectivity index (χ0n) is 18.1. The van der Waals surface area contributed by atoms with Gasteiger partial charge in [-0.05, 0) is 46.7 Å². The van der Waals surface area contributed by atoms with Crippen LogP contribution in [0.3, 0.4) is 0 Å². The molecule has 0 atom stereocenters. The van der Waals surface area contributed by atoms with Crippen molar-refractivity contribution in [2.75, 3.05) is 26.2 Å². The van der Waals surface area contributed by atoms with Crippen LogP contribution >= 0.6 is 23.4 Å². The molecule has 6 heteroatoms. The third-order valence-corrected chi connectivity index (χ3v) is 7.25. The fourth-order valence-electron chi connectivity index (χ4n) is 4.30. The average molecular weight is 474 g/mol. The molecule has 3 aromatic carbocycles. The standard InChI is InChI=1S/C27H24ClN3OS/c28-23-13-11-20(12-14-23)19-24-26(32)29-27(33-24)31-17-15-30(16-18-31)25(21-7-3-1-4-8-21)22-9-5-2-6-10-22/h1-14,19,25H,15-18H2. The van der Waals surface area contributed by atoms with Crippen molar-refractivity contribution in [3.8, 4) is 0 Å². The van der Waals surface area contributed by atoms with Gasteiger partial charge < -0.3 is 4.90 Å². The molecule has 0 radical (unpaired) electrons. The lowest BCUT2D eigenvalue weighted by Gasteiger charge is -2.40. The van der Waals surface area contributed by atoms with Crippen LogP contribution in [-0.4, -0.2) is 47.1 Å². The molecule has 1 amide bonds. The van der Waals surface area contributed by atoms with Gasteiger partial charge in [0.05, 0.1) is 10.9 Å². The predicted molar refractivity (Wildman–Crippen MR) is 137 cm³/mol. The van der Waals surface area contributed by atoms with Crippen LogP contribution in [0.2, 0.25) is 5.02 Å². The van der Waals surface area contributed by atoms with Crippen molar-refractivity contribution in [1.29, 1.82) is 0 Å². The van der Waals surface area contributed by atoms with Crippen LogP contribution in [0.25, 0.3) is 6.08 Å². The molecule has 4 nitrogen and oxygen atoms in total. The minimum atomic E-state index is -0.168. The maximum Gasteiger partial charge on any atom is 0.286 e. The lowest BCUT2D eigenvalue weighted by molar-refractivity contribution is -0.113. The molecule has 5 rings (SSSR count). The molecule has 2 heterocycles. The molecule has 0 bridgehead atoms. The zero-order chi connectivity index (χ0) is 22.6. The summed E-state index contributed by atoms with van der Waals surface area (Å²) in [7, 11) is 0. The van der Waals surface area contributed by atoms with Crippen LogP contribution in [0.5, 0.6) is 0 Å². The first-order chi connectivity index (χ1) is 16.2. The van der Waals surface area contributed by atoms with E-state index in [1.807, 2.05) is 30.3 Å². The number of nitrogens with zero attached hydrogens (tertiary/aromatic N) is 3. The summed E-state index contributed by atoms with van der Waals surface area (Å²) in [6, 6.07) is 29.0. The van der Waals surface area contributed by atoms with E-state index in [0.29, 0.717) is 9.93 Å². The Balaban J connectivity index is 1.28. The highest BCUT2D eigenvalue weighted by Crippen LogP contribution is 2.33. The Bertz CT molecular complexity index is 1130. The quantitative estimate of drug-likeness (QED) is 0.454. The summed E-state index contributed by atoms with van der Waals surface area (Å²) >= 11 is 7.43. The maximum absolute atomic E-state index is 12.5. The molecule has 1 fully saturated rings. The van der Waals surface area contributed by atoms with E-state index < -0.39 is 0 Å². The molecule has 2 aliphatic rings. The highest BCUT2D eigenvalue weighted by atomic mass is 35.5. The number of carbonyl (C=O) groups is 1. The number of hydrogen-bond acceptors (Lipinski definition) is 4. The zero-order valence-corrected chi connectivity index (χ0v) is 19.7. The van der Waals surface area contributed by atoms with Gasteiger partial charge in [-0.15, -0.1) is 0 Å². The third kappa shape index (κ3) is 5.06. The Labute approximate surface area is 203 Å². The lowest BCUT2D eigenvalue weighted by atomic mass is 9.96. The van der Waals surface area contributed by atoms with E-state index in [4.69, 9.17) is 11.6 Å². The number of rotatable bonds is 4. The van der Waals surface area contributed by atoms with Crippen molar-refractivity contribution in [2.24, 2.45) is 4.99 Å². The molecular weight excluding hydrogens is 450 g/mol. The minimum Gasteiger partial charge on any atom is -0.348 e. The highest BCUT2D eigenvalue weighted by molar-refractivity contribution is 8.18. The number of carbonyl (C=O) groups excluding carboxylic acids is 1. The smallest absolute Gasteiger partial charge is 0.286 e. The van der Waals surface area contributed by atoms with Crippen molar-refractivity contribution in [1.82, 2.24) is 9.80 Å². The SMILES string of the molecule is O=C1N=C(N2CCN(C(c3ccccc3)c3ccccc3)CC2)SC1=Cc1ccc(Cl)cc1. The van der Waals surface area contributed by atoms with Crippen molar-refractivity contribution < 1.29 is 4.79 Å². The maximum atomic E-state index is 12.5. The number of amidine groups is 1. The topological polar surface area (TPSA) is 35.9 Å². The number of aliphatic imine (C=N–C) groups is 1. The third-order valence-electron chi connectivity index (χ3n) is 5.96. The van der Waals surface area contributed by atoms with Gasteiger partial charge in [0.15, 0.2) is 5.17 Å². The summed E-state index contributed by atoms with van der Waals surface area (Å²) in [5.41, 5.74) is 3.55. The summed E-state index contributed by atoms with van der Waals surface area (Å²) in [5, 5.41) is 1.48. The normalized spacial score (nSPS) is 18.2. The monoisotopic (exact) mass is 473 g/mol. The molecule has 33 heavy (non-hydrogen) atoms. The van der Waals surface area contributed by atoms with Gasteiger partial charge in [0.25, 0.3) is 5.91 Å². The highest BCUT2D eigenvalue weighted by Gasteiger charge is 2.31. The van der Waals surface area contributed by atoms with Gasteiger partial charge in [0.2, 0.25) is 0 Å². The first-order valence-electron chi connectivity index (χ1n) is 11.0. The van der Waals surface area contributed by atoms with Gasteiger partial charge in [0, 0.05) is 31.2 Å². The average Bonchev–Trinajstić information content (AvgIpc) is 3.22. The van der Waals surface area contributed by atoms with Crippen molar-refractivity contribution in [3.63, 3.8) is 0 Å². The molecule has 0 spiro atoms. The van der Waals surface area contributed by atoms with E-state index in [1.165, 1.54) is 22.9 Å². The van der Waals surface area contributed by atoms with Crippen molar-refractivity contribution in [3.05, 3.63) is 112 Å². The molecule has 2 aliphatic heterocycles. The molecule has 0 aliphatic carbocycles. The first-order valence-corrected chi connectivity index (χ1v) is 12.2. The van der Waals surface area contributed by atoms with Gasteiger partial charge in [-0.25, -0.2) is 0 Å². The van der Waals surface area contributed by atoms with Gasteiger partial charge >= 0.3 is 0 Å². The summed E-state index contributed by atoms with van der Waals surface area (Å²) in [6.45, 7) is 3.48. The Morgan fingerprint density at radius 2 is 1.39 bits per heavy atom. The molecule has 0 aromatic heterocycles. The van der Waals surface area contributed by atoms with Crippen molar-refractivity contribution >= 4 is 40.5 Å². The molecule has 0 unspecified atom stereocenters. The number of thioether (sulfide) groups is 1. The fraction of sp³-hybridized carbons (Fsp3) is 0.185. The largest absolute Gasteiger partial charge is 0.348 e. The summed E-state index contributed by atoms with van der Waals surface area (Å²) in [6.07, 6.45) is 1.89. The Kier molecular flexibility index (Phi) is 6.63. The molecule has 3 aromatic rings. The van der Waals surface area contributed by atoms with Crippen LogP contribution in [0.4, 0.5) is 0 Å². The molecular formula is C27H24ClN3OS. The Morgan fingerprint density at radius 1 is 0.818 bits per heavy atom. The second-order valence-corrected chi connectivity index (χ2v) is 9.55. The van der Waals surface area contributed by atoms with E-state index in [1.54, 1.807) is 0 Å². The second kappa shape index (κ2) is 9.96. The molecule has 0 saturated carbocycles. The number of amides is 1. The Morgan fingerprint density at radius 3 is 1.97 bits per heavy atom. The summed E-state index contributed by atoms with van der Waals surface area (Å²) < 4.78 is 0. The van der Waals surface area contributed by atoms with E-state index in [-0.39, 0.29) is 11.9 Å². The number of hydrogen-bond donors (Lipinski definition) is 0. The predicted octanol–water partition coefficient (Wildman–Crippen LogP) is 5.72. The minimum absolute atomic E-state index is 0.168. The van der Waals surface area contributed by atoms with Gasteiger partial charge in [0.1, 0.15) is 0 Å². The van der Waals surface area contributed by atoms with Crippen LogP contribution in [0, 0.1) is 0 Å². The van der Waals surface area contributed by atoms with E-state index in [0.717, 1.165) is 36.9 Å². The number of benzene rings is 3. The van der Waals surface area contributed by atoms with Crippen LogP contribution in [0.15, 0.2) is 94.8 Å². The molecule has 166 valence electrons. The summed E-state index contributed by atoms with van der Waals surface area (Å²) in [4.78, 5) is 22.3. The first kappa shape index (κ1) is 22.0. The van der Waals surface area contributed by atoms with E-state index >= 15 is 0 Å². The van der Waals surface area contributed by atoms with Gasteiger partial charge in [-0.1, -0.05) is 84.4 Å².